The fraction of sp³-hybridized carbons (Fsp3) is 0.625. The van der Waals surface area contributed by atoms with Gasteiger partial charge in [0, 0.05) is 31.2 Å². The van der Waals surface area contributed by atoms with Gasteiger partial charge in [-0.15, -0.1) is 11.6 Å². The average molecular weight is 354 g/mol. The van der Waals surface area contributed by atoms with Crippen LogP contribution in [0.5, 0.6) is 0 Å². The molecule has 1 aromatic rings. The van der Waals surface area contributed by atoms with Gasteiger partial charge in [0.05, 0.1) is 25.5 Å². The molecule has 2 aliphatic rings. The maximum absolute atomic E-state index is 5.95. The Morgan fingerprint density at radius 1 is 1.05 bits per heavy atom. The molecule has 0 aliphatic carbocycles. The summed E-state index contributed by atoms with van der Waals surface area (Å²) in [6.07, 6.45) is 5.52. The number of quaternary nitrogens is 2. The second-order valence-corrected chi connectivity index (χ2v) is 5.95. The molecule has 122 valence electrons. The zero-order chi connectivity index (χ0) is 13.3. The van der Waals surface area contributed by atoms with Crippen molar-refractivity contribution in [3.63, 3.8) is 0 Å². The summed E-state index contributed by atoms with van der Waals surface area (Å²) in [6.45, 7) is 5.17. The molecule has 2 fully saturated rings. The lowest BCUT2D eigenvalue weighted by Gasteiger charge is -2.19. The van der Waals surface area contributed by atoms with Crippen molar-refractivity contribution in [2.45, 2.75) is 38.3 Å². The Morgan fingerprint density at radius 3 is 2.24 bits per heavy atom. The minimum absolute atomic E-state index is 0. The molecule has 2 atom stereocenters. The summed E-state index contributed by atoms with van der Waals surface area (Å²) >= 11 is 5.95. The van der Waals surface area contributed by atoms with Crippen LogP contribution in [0.2, 0.25) is 0 Å². The molecule has 2 unspecified atom stereocenters. The van der Waals surface area contributed by atoms with Gasteiger partial charge in [0.1, 0.15) is 12.6 Å². The molecular formula is C16H27Cl3N2. The third-order valence-corrected chi connectivity index (χ3v) is 4.53. The van der Waals surface area contributed by atoms with Gasteiger partial charge in [0.2, 0.25) is 0 Å². The molecular weight excluding hydrogens is 327 g/mol. The highest BCUT2D eigenvalue weighted by molar-refractivity contribution is 6.18. The van der Waals surface area contributed by atoms with Gasteiger partial charge in [-0.25, -0.2) is 0 Å². The molecule has 0 bridgehead atoms. The molecule has 21 heavy (non-hydrogen) atoms. The topological polar surface area (TPSA) is 21.1 Å². The van der Waals surface area contributed by atoms with Gasteiger partial charge in [-0.3, -0.25) is 0 Å². The van der Waals surface area contributed by atoms with Crippen LogP contribution in [0, 0.1) is 0 Å². The highest BCUT2D eigenvalue weighted by Gasteiger charge is 2.27. The van der Waals surface area contributed by atoms with Gasteiger partial charge in [-0.1, -0.05) is 30.3 Å². The average Bonchev–Trinajstić information content (AvgIpc) is 3.14. The molecule has 2 aliphatic heterocycles. The van der Waals surface area contributed by atoms with E-state index in [1.807, 2.05) is 0 Å². The van der Waals surface area contributed by atoms with Gasteiger partial charge >= 0.3 is 0 Å². The van der Waals surface area contributed by atoms with E-state index in [4.69, 9.17) is 11.6 Å². The molecule has 0 radical (unpaired) electrons. The van der Waals surface area contributed by atoms with E-state index in [9.17, 15) is 0 Å². The Balaban J connectivity index is 0.000000491. The third kappa shape index (κ3) is 7.71. The van der Waals surface area contributed by atoms with Crippen LogP contribution in [-0.4, -0.2) is 31.6 Å². The van der Waals surface area contributed by atoms with Crippen molar-refractivity contribution in [3.8, 4) is 0 Å². The largest absolute Gasteiger partial charge is 1.00 e. The maximum atomic E-state index is 5.95. The van der Waals surface area contributed by atoms with Crippen LogP contribution in [0.3, 0.4) is 0 Å². The van der Waals surface area contributed by atoms with Crippen molar-refractivity contribution in [1.29, 1.82) is 0 Å². The number of hydrogen-bond donors (Lipinski definition) is 2. The molecule has 0 amide bonds. The Bertz CT molecular complexity index is 337. The van der Waals surface area contributed by atoms with E-state index in [0.29, 0.717) is 6.04 Å². The summed E-state index contributed by atoms with van der Waals surface area (Å²) in [7, 11) is 0. The molecule has 3 N–H and O–H groups in total. The minimum atomic E-state index is 0. The SMILES string of the molecule is C1CC[NH2+]C1.ClCC1CCC[NH+]1Cc1ccccc1.[Cl-].[Cl-]. The highest BCUT2D eigenvalue weighted by atomic mass is 35.5. The quantitative estimate of drug-likeness (QED) is 0.507. The molecule has 1 aromatic carbocycles. The predicted molar refractivity (Wildman–Crippen MR) is 80.6 cm³/mol. The van der Waals surface area contributed by atoms with Gasteiger partial charge in [-0.05, 0) is 0 Å². The normalized spacial score (nSPS) is 23.5. The first kappa shape index (κ1) is 21.0. The lowest BCUT2D eigenvalue weighted by atomic mass is 10.2. The number of benzene rings is 1. The smallest absolute Gasteiger partial charge is 0.103 e. The van der Waals surface area contributed by atoms with Crippen LogP contribution in [0.25, 0.3) is 0 Å². The molecule has 2 heterocycles. The summed E-state index contributed by atoms with van der Waals surface area (Å²) in [4.78, 5) is 1.66. The fourth-order valence-electron chi connectivity index (χ4n) is 2.98. The third-order valence-electron chi connectivity index (χ3n) is 4.15. The Kier molecular flexibility index (Phi) is 12.5. The Morgan fingerprint density at radius 2 is 1.71 bits per heavy atom. The fourth-order valence-corrected chi connectivity index (χ4v) is 3.36. The Labute approximate surface area is 146 Å². The zero-order valence-electron chi connectivity index (χ0n) is 12.5. The number of nitrogens with two attached hydrogens (primary N) is 1. The van der Waals surface area contributed by atoms with Crippen molar-refractivity contribution in [1.82, 2.24) is 0 Å². The van der Waals surface area contributed by atoms with Gasteiger partial charge in [0.25, 0.3) is 0 Å². The number of nitrogens with one attached hydrogen (secondary N) is 1. The summed E-state index contributed by atoms with van der Waals surface area (Å²) < 4.78 is 0. The van der Waals surface area contributed by atoms with Crippen molar-refractivity contribution >= 4 is 11.6 Å². The van der Waals surface area contributed by atoms with Crippen LogP contribution in [0.1, 0.15) is 31.2 Å². The maximum Gasteiger partial charge on any atom is 0.103 e. The van der Waals surface area contributed by atoms with Gasteiger partial charge in [0.15, 0.2) is 0 Å². The molecule has 2 nitrogen and oxygen atoms in total. The second-order valence-electron chi connectivity index (χ2n) is 5.64. The number of halogens is 3. The lowest BCUT2D eigenvalue weighted by Crippen LogP contribution is -3.12. The van der Waals surface area contributed by atoms with E-state index in [2.05, 4.69) is 35.6 Å². The molecule has 0 saturated carbocycles. The molecule has 0 spiro atoms. The van der Waals surface area contributed by atoms with Crippen LogP contribution in [0.15, 0.2) is 30.3 Å². The first-order valence-corrected chi connectivity index (χ1v) is 8.19. The molecule has 3 rings (SSSR count). The summed E-state index contributed by atoms with van der Waals surface area (Å²) in [5, 5.41) is 2.36. The van der Waals surface area contributed by atoms with Crippen molar-refractivity contribution in [3.05, 3.63) is 35.9 Å². The molecule has 0 aromatic heterocycles. The number of hydrogen-bond acceptors (Lipinski definition) is 0. The van der Waals surface area contributed by atoms with E-state index >= 15 is 0 Å². The Hall–Kier alpha value is 0.01000. The lowest BCUT2D eigenvalue weighted by molar-refractivity contribution is -0.923. The first-order chi connectivity index (χ1) is 9.40. The van der Waals surface area contributed by atoms with E-state index in [0.717, 1.165) is 12.4 Å². The van der Waals surface area contributed by atoms with E-state index < -0.39 is 0 Å². The summed E-state index contributed by atoms with van der Waals surface area (Å²) in [5.41, 5.74) is 1.43. The number of rotatable bonds is 3. The van der Waals surface area contributed by atoms with Crippen LogP contribution < -0.4 is 35.0 Å². The highest BCUT2D eigenvalue weighted by Crippen LogP contribution is 2.04. The minimum Gasteiger partial charge on any atom is -1.00 e. The zero-order valence-corrected chi connectivity index (χ0v) is 14.8. The van der Waals surface area contributed by atoms with Gasteiger partial charge < -0.3 is 35.0 Å². The van der Waals surface area contributed by atoms with Gasteiger partial charge in [-0.2, -0.15) is 0 Å². The van der Waals surface area contributed by atoms with E-state index in [1.165, 1.54) is 50.9 Å². The predicted octanol–water partition coefficient (Wildman–Crippen LogP) is -5.18. The second kappa shape index (κ2) is 12.5. The van der Waals surface area contributed by atoms with E-state index in [-0.39, 0.29) is 24.8 Å². The van der Waals surface area contributed by atoms with Crippen LogP contribution in [-0.2, 0) is 6.54 Å². The summed E-state index contributed by atoms with van der Waals surface area (Å²) in [5.74, 6) is 0.808. The van der Waals surface area contributed by atoms with Crippen molar-refractivity contribution in [2.75, 3.05) is 25.5 Å². The van der Waals surface area contributed by atoms with Crippen molar-refractivity contribution in [2.24, 2.45) is 0 Å². The number of likely N-dealkylation sites (tertiary alicyclic amines) is 1. The van der Waals surface area contributed by atoms with Crippen LogP contribution >= 0.6 is 11.6 Å². The van der Waals surface area contributed by atoms with E-state index in [1.54, 1.807) is 4.90 Å². The number of alkyl halides is 1. The van der Waals surface area contributed by atoms with Crippen LogP contribution in [0.4, 0.5) is 0 Å². The monoisotopic (exact) mass is 352 g/mol. The standard InChI is InChI=1S/C12H16ClN.C4H9N.2ClH/c13-9-12-7-4-8-14(12)10-11-5-2-1-3-6-11;1-2-4-5-3-1;;/h1-3,5-6,12H,4,7-10H2;5H,1-4H2;2*1H. The molecule has 2 saturated heterocycles. The first-order valence-electron chi connectivity index (χ1n) is 7.66. The summed E-state index contributed by atoms with van der Waals surface area (Å²) in [6, 6.07) is 11.4. The molecule has 5 heteroatoms. The van der Waals surface area contributed by atoms with Crippen molar-refractivity contribution < 1.29 is 35.0 Å².